The zero-order valence-electron chi connectivity index (χ0n) is 13.9. The van der Waals surface area contributed by atoms with E-state index in [2.05, 4.69) is 37.1 Å². The van der Waals surface area contributed by atoms with Crippen LogP contribution in [0.4, 0.5) is 4.79 Å². The quantitative estimate of drug-likeness (QED) is 0.748. The summed E-state index contributed by atoms with van der Waals surface area (Å²) in [5, 5.41) is 5.13. The molecular weight excluding hydrogens is 308 g/mol. The number of benzene rings is 1. The van der Waals surface area contributed by atoms with Gasteiger partial charge in [-0.05, 0) is 12.5 Å². The third kappa shape index (κ3) is 5.12. The lowest BCUT2D eigenvalue weighted by atomic mass is 10.2. The summed E-state index contributed by atoms with van der Waals surface area (Å²) >= 11 is 0. The lowest BCUT2D eigenvalue weighted by Gasteiger charge is -2.11. The Kier molecular flexibility index (Phi) is 6.36. The molecule has 2 rings (SSSR count). The van der Waals surface area contributed by atoms with Gasteiger partial charge in [-0.2, -0.15) is 0 Å². The van der Waals surface area contributed by atoms with E-state index in [1.807, 2.05) is 31.3 Å². The number of aryl methyl sites for hydroxylation is 1. The van der Waals surface area contributed by atoms with Crippen LogP contribution < -0.4 is 10.6 Å². The van der Waals surface area contributed by atoms with Crippen molar-refractivity contribution in [2.75, 3.05) is 20.2 Å². The van der Waals surface area contributed by atoms with Crippen molar-refractivity contribution in [1.82, 2.24) is 20.2 Å². The summed E-state index contributed by atoms with van der Waals surface area (Å²) < 4.78 is 6.58. The molecule has 0 atom stereocenters. The van der Waals surface area contributed by atoms with Gasteiger partial charge in [0, 0.05) is 31.4 Å². The molecule has 7 heteroatoms. The molecule has 2 aromatic rings. The fourth-order valence-electron chi connectivity index (χ4n) is 2.27. The van der Waals surface area contributed by atoms with E-state index in [-0.39, 0.29) is 6.54 Å². The number of carbonyl (C=O) groups is 2. The van der Waals surface area contributed by atoms with Gasteiger partial charge in [-0.25, -0.2) is 9.78 Å². The Balaban J connectivity index is 1.85. The van der Waals surface area contributed by atoms with Crippen molar-refractivity contribution < 1.29 is 14.3 Å². The number of esters is 1. The Morgan fingerprint density at radius 1 is 1.21 bits per heavy atom. The summed E-state index contributed by atoms with van der Waals surface area (Å²) in [7, 11) is 1.27. The maximum atomic E-state index is 11.6. The van der Waals surface area contributed by atoms with Crippen LogP contribution in [0.15, 0.2) is 36.5 Å². The largest absolute Gasteiger partial charge is 0.468 e. The highest BCUT2D eigenvalue weighted by Crippen LogP contribution is 2.09. The molecule has 2 N–H and O–H groups in total. The molecule has 0 saturated heterocycles. The fraction of sp³-hybridized carbons (Fsp3) is 0.353. The molecule has 0 bridgehead atoms. The number of ether oxygens (including phenoxy) is 1. The zero-order valence-corrected chi connectivity index (χ0v) is 13.9. The number of carbonyl (C=O) groups excluding carboxylic acids is 2. The van der Waals surface area contributed by atoms with Crippen LogP contribution in [0.1, 0.15) is 17.1 Å². The number of aromatic nitrogens is 2. The van der Waals surface area contributed by atoms with Crippen molar-refractivity contribution in [3.8, 4) is 0 Å². The number of rotatable bonds is 7. The molecule has 0 radical (unpaired) electrons. The molecule has 0 spiro atoms. The van der Waals surface area contributed by atoms with E-state index in [1.165, 1.54) is 12.7 Å². The number of hydrogen-bond donors (Lipinski definition) is 2. The van der Waals surface area contributed by atoms with Crippen LogP contribution in [-0.2, 0) is 22.5 Å². The van der Waals surface area contributed by atoms with Gasteiger partial charge in [-0.1, -0.05) is 30.3 Å². The molecule has 0 aliphatic rings. The Morgan fingerprint density at radius 2 is 1.96 bits per heavy atom. The average Bonchev–Trinajstić information content (AvgIpc) is 2.94. The van der Waals surface area contributed by atoms with Gasteiger partial charge >= 0.3 is 12.0 Å². The normalized spacial score (nSPS) is 10.2. The molecule has 1 aromatic heterocycles. The van der Waals surface area contributed by atoms with Crippen molar-refractivity contribution in [1.29, 1.82) is 0 Å². The van der Waals surface area contributed by atoms with E-state index in [1.54, 1.807) is 0 Å². The second-order valence-corrected chi connectivity index (χ2v) is 5.32. The van der Waals surface area contributed by atoms with Gasteiger partial charge in [0.25, 0.3) is 0 Å². The van der Waals surface area contributed by atoms with Crippen LogP contribution in [0.5, 0.6) is 0 Å². The lowest BCUT2D eigenvalue weighted by molar-refractivity contribution is -0.139. The molecule has 1 heterocycles. The minimum atomic E-state index is -0.487. The van der Waals surface area contributed by atoms with Crippen molar-refractivity contribution in [3.05, 3.63) is 53.6 Å². The van der Waals surface area contributed by atoms with E-state index < -0.39 is 12.0 Å². The van der Waals surface area contributed by atoms with Gasteiger partial charge in [-0.15, -0.1) is 0 Å². The first-order valence-electron chi connectivity index (χ1n) is 7.73. The second-order valence-electron chi connectivity index (χ2n) is 5.32. The Morgan fingerprint density at radius 3 is 2.67 bits per heavy atom. The van der Waals surface area contributed by atoms with E-state index in [0.29, 0.717) is 13.0 Å². The fourth-order valence-corrected chi connectivity index (χ4v) is 2.27. The highest BCUT2D eigenvalue weighted by molar-refractivity contribution is 5.80. The van der Waals surface area contributed by atoms with Crippen molar-refractivity contribution >= 4 is 12.0 Å². The van der Waals surface area contributed by atoms with Crippen LogP contribution in [0.25, 0.3) is 0 Å². The molecule has 24 heavy (non-hydrogen) atoms. The van der Waals surface area contributed by atoms with Gasteiger partial charge in [0.2, 0.25) is 0 Å². The smallest absolute Gasteiger partial charge is 0.325 e. The molecule has 2 amide bonds. The van der Waals surface area contributed by atoms with Gasteiger partial charge in [-0.3, -0.25) is 4.79 Å². The highest BCUT2D eigenvalue weighted by atomic mass is 16.5. The molecule has 0 aliphatic heterocycles. The Labute approximate surface area is 141 Å². The molecule has 128 valence electrons. The Bertz CT molecular complexity index is 682. The summed E-state index contributed by atoms with van der Waals surface area (Å²) in [5.74, 6) is 0.420. The second kappa shape index (κ2) is 8.71. The first-order chi connectivity index (χ1) is 11.6. The number of methoxy groups -OCH3 is 1. The number of nitrogens with one attached hydrogen (secondary N) is 2. The van der Waals surface area contributed by atoms with Crippen LogP contribution >= 0.6 is 0 Å². The predicted octanol–water partition coefficient (Wildman–Crippen LogP) is 1.25. The van der Waals surface area contributed by atoms with Crippen LogP contribution in [0, 0.1) is 6.92 Å². The van der Waals surface area contributed by atoms with Crippen molar-refractivity contribution in [2.24, 2.45) is 0 Å². The molecular formula is C17H22N4O3. The van der Waals surface area contributed by atoms with Gasteiger partial charge in [0.15, 0.2) is 0 Å². The lowest BCUT2D eigenvalue weighted by Crippen LogP contribution is -2.39. The third-order valence-corrected chi connectivity index (χ3v) is 3.58. The molecule has 0 aliphatic carbocycles. The SMILES string of the molecule is COC(=O)CNC(=O)NCCc1ncc(C)n1Cc1ccccc1. The molecule has 7 nitrogen and oxygen atoms in total. The van der Waals surface area contributed by atoms with Crippen molar-refractivity contribution in [2.45, 2.75) is 19.9 Å². The highest BCUT2D eigenvalue weighted by Gasteiger charge is 2.09. The summed E-state index contributed by atoms with van der Waals surface area (Å²) in [6, 6.07) is 9.74. The third-order valence-electron chi connectivity index (χ3n) is 3.58. The van der Waals surface area contributed by atoms with Gasteiger partial charge in [0.1, 0.15) is 12.4 Å². The minimum absolute atomic E-state index is 0.149. The van der Waals surface area contributed by atoms with E-state index in [4.69, 9.17) is 0 Å². The topological polar surface area (TPSA) is 85.2 Å². The molecule has 1 aromatic carbocycles. The molecule has 0 saturated carbocycles. The number of hydrogen-bond acceptors (Lipinski definition) is 4. The summed E-state index contributed by atoms with van der Waals surface area (Å²) in [5.41, 5.74) is 2.27. The maximum absolute atomic E-state index is 11.6. The van der Waals surface area contributed by atoms with E-state index in [9.17, 15) is 9.59 Å². The summed E-state index contributed by atoms with van der Waals surface area (Å²) in [4.78, 5) is 26.9. The average molecular weight is 330 g/mol. The summed E-state index contributed by atoms with van der Waals surface area (Å²) in [6.45, 7) is 3.04. The Hall–Kier alpha value is -2.83. The van der Waals surface area contributed by atoms with E-state index in [0.717, 1.165) is 18.1 Å². The summed E-state index contributed by atoms with van der Waals surface area (Å²) in [6.07, 6.45) is 2.43. The first-order valence-corrected chi connectivity index (χ1v) is 7.73. The zero-order chi connectivity index (χ0) is 17.4. The molecule has 0 unspecified atom stereocenters. The number of nitrogens with zero attached hydrogens (tertiary/aromatic N) is 2. The standard InChI is InChI=1S/C17H22N4O3/c1-13-10-19-15(21(13)12-14-6-4-3-5-7-14)8-9-18-17(23)20-11-16(22)24-2/h3-7,10H,8-9,11-12H2,1-2H3,(H2,18,20,23). The number of imidazole rings is 1. The van der Waals surface area contributed by atoms with Crippen LogP contribution in [-0.4, -0.2) is 41.8 Å². The predicted molar refractivity (Wildman–Crippen MR) is 89.6 cm³/mol. The number of urea groups is 1. The van der Waals surface area contributed by atoms with Crippen LogP contribution in [0.3, 0.4) is 0 Å². The van der Waals surface area contributed by atoms with Gasteiger partial charge in [0.05, 0.1) is 7.11 Å². The molecule has 0 fully saturated rings. The van der Waals surface area contributed by atoms with E-state index >= 15 is 0 Å². The minimum Gasteiger partial charge on any atom is -0.468 e. The maximum Gasteiger partial charge on any atom is 0.325 e. The monoisotopic (exact) mass is 330 g/mol. The first kappa shape index (κ1) is 17.5. The number of amides is 2. The van der Waals surface area contributed by atoms with Crippen LogP contribution in [0.2, 0.25) is 0 Å². The van der Waals surface area contributed by atoms with Gasteiger partial charge < -0.3 is 19.9 Å². The van der Waals surface area contributed by atoms with Crippen molar-refractivity contribution in [3.63, 3.8) is 0 Å².